The van der Waals surface area contributed by atoms with Crippen molar-refractivity contribution in [2.75, 3.05) is 11.9 Å². The smallest absolute Gasteiger partial charge is 0.251 e. The van der Waals surface area contributed by atoms with E-state index in [1.807, 2.05) is 37.4 Å². The quantitative estimate of drug-likeness (QED) is 0.726. The van der Waals surface area contributed by atoms with Gasteiger partial charge < -0.3 is 10.6 Å². The SMILES string of the molecule is Cc1cc(C)cc(C(=O)NCC(=O)Nc2nc(-c3cccnc3)cs2)c1. The van der Waals surface area contributed by atoms with E-state index in [0.717, 1.165) is 22.4 Å². The van der Waals surface area contributed by atoms with Gasteiger partial charge in [0.05, 0.1) is 12.2 Å². The van der Waals surface area contributed by atoms with Gasteiger partial charge in [-0.3, -0.25) is 14.6 Å². The van der Waals surface area contributed by atoms with Crippen molar-refractivity contribution in [3.05, 3.63) is 64.8 Å². The van der Waals surface area contributed by atoms with E-state index in [4.69, 9.17) is 0 Å². The average molecular weight is 366 g/mol. The lowest BCUT2D eigenvalue weighted by Gasteiger charge is -2.07. The number of aryl methyl sites for hydroxylation is 2. The minimum Gasteiger partial charge on any atom is -0.343 e. The molecule has 0 saturated carbocycles. The van der Waals surface area contributed by atoms with Crippen molar-refractivity contribution in [2.45, 2.75) is 13.8 Å². The van der Waals surface area contributed by atoms with Gasteiger partial charge in [0.25, 0.3) is 5.91 Å². The van der Waals surface area contributed by atoms with Crippen LogP contribution in [0.4, 0.5) is 5.13 Å². The zero-order valence-corrected chi connectivity index (χ0v) is 15.3. The number of nitrogens with one attached hydrogen (secondary N) is 2. The Morgan fingerprint density at radius 3 is 2.62 bits per heavy atom. The summed E-state index contributed by atoms with van der Waals surface area (Å²) < 4.78 is 0. The summed E-state index contributed by atoms with van der Waals surface area (Å²) in [6.07, 6.45) is 3.40. The third-order valence-corrected chi connectivity index (χ3v) is 4.36. The lowest BCUT2D eigenvalue weighted by molar-refractivity contribution is -0.115. The Morgan fingerprint density at radius 1 is 1.15 bits per heavy atom. The standard InChI is InChI=1S/C19H18N4O2S/c1-12-6-13(2)8-15(7-12)18(25)21-10-17(24)23-19-22-16(11-26-19)14-4-3-5-20-9-14/h3-9,11H,10H2,1-2H3,(H,21,25)(H,22,23,24). The molecule has 0 fully saturated rings. The van der Waals surface area contributed by atoms with Crippen LogP contribution in [0, 0.1) is 13.8 Å². The molecule has 0 aliphatic rings. The molecule has 2 N–H and O–H groups in total. The predicted octanol–water partition coefficient (Wildman–Crippen LogP) is 3.19. The molecular formula is C19H18N4O2S. The maximum atomic E-state index is 12.2. The first-order valence-corrected chi connectivity index (χ1v) is 8.91. The Bertz CT molecular complexity index is 917. The van der Waals surface area contributed by atoms with Crippen LogP contribution >= 0.6 is 11.3 Å². The molecule has 0 saturated heterocycles. The number of hydrogen-bond donors (Lipinski definition) is 2. The van der Waals surface area contributed by atoms with Crippen LogP contribution in [0.3, 0.4) is 0 Å². The largest absolute Gasteiger partial charge is 0.343 e. The number of rotatable bonds is 5. The molecular weight excluding hydrogens is 348 g/mol. The molecule has 1 aromatic carbocycles. The Kier molecular flexibility index (Phi) is 5.38. The third kappa shape index (κ3) is 4.52. The van der Waals surface area contributed by atoms with Gasteiger partial charge in [-0.15, -0.1) is 11.3 Å². The van der Waals surface area contributed by atoms with Crippen LogP contribution in [0.25, 0.3) is 11.3 Å². The van der Waals surface area contributed by atoms with Gasteiger partial charge in [0.1, 0.15) is 0 Å². The molecule has 0 radical (unpaired) electrons. The predicted molar refractivity (Wildman–Crippen MR) is 102 cm³/mol. The number of anilines is 1. The van der Waals surface area contributed by atoms with Gasteiger partial charge in [0, 0.05) is 28.9 Å². The number of thiazole rings is 1. The van der Waals surface area contributed by atoms with Crippen molar-refractivity contribution < 1.29 is 9.59 Å². The van der Waals surface area contributed by atoms with Crippen molar-refractivity contribution in [1.82, 2.24) is 15.3 Å². The highest BCUT2D eigenvalue weighted by Gasteiger charge is 2.11. The second kappa shape index (κ2) is 7.88. The molecule has 0 unspecified atom stereocenters. The second-order valence-corrected chi connectivity index (χ2v) is 6.74. The number of carbonyl (C=O) groups excluding carboxylic acids is 2. The fourth-order valence-electron chi connectivity index (χ4n) is 2.51. The van der Waals surface area contributed by atoms with Crippen molar-refractivity contribution >= 4 is 28.3 Å². The first-order chi connectivity index (χ1) is 12.5. The Morgan fingerprint density at radius 2 is 1.92 bits per heavy atom. The van der Waals surface area contributed by atoms with Gasteiger partial charge in [0.2, 0.25) is 5.91 Å². The normalized spacial score (nSPS) is 10.4. The lowest BCUT2D eigenvalue weighted by Crippen LogP contribution is -2.32. The first-order valence-electron chi connectivity index (χ1n) is 8.03. The molecule has 0 bridgehead atoms. The van der Waals surface area contributed by atoms with Crippen molar-refractivity contribution in [3.63, 3.8) is 0 Å². The first kappa shape index (κ1) is 17.8. The molecule has 0 spiro atoms. The Labute approximate surface area is 155 Å². The highest BCUT2D eigenvalue weighted by molar-refractivity contribution is 7.14. The van der Waals surface area contributed by atoms with Gasteiger partial charge >= 0.3 is 0 Å². The fourth-order valence-corrected chi connectivity index (χ4v) is 3.25. The molecule has 0 atom stereocenters. The fraction of sp³-hybridized carbons (Fsp3) is 0.158. The van der Waals surface area contributed by atoms with Crippen LogP contribution in [-0.2, 0) is 4.79 Å². The number of hydrogen-bond acceptors (Lipinski definition) is 5. The summed E-state index contributed by atoms with van der Waals surface area (Å²) in [4.78, 5) is 32.7. The number of nitrogens with zero attached hydrogens (tertiary/aromatic N) is 2. The molecule has 7 heteroatoms. The van der Waals surface area contributed by atoms with Crippen LogP contribution in [-0.4, -0.2) is 28.3 Å². The molecule has 0 aliphatic carbocycles. The number of amides is 2. The minimum absolute atomic E-state index is 0.117. The zero-order valence-electron chi connectivity index (χ0n) is 14.4. The maximum Gasteiger partial charge on any atom is 0.251 e. The van der Waals surface area contributed by atoms with E-state index in [9.17, 15) is 9.59 Å². The van der Waals surface area contributed by atoms with Crippen LogP contribution in [0.5, 0.6) is 0 Å². The topological polar surface area (TPSA) is 84.0 Å². The summed E-state index contributed by atoms with van der Waals surface area (Å²) in [6.45, 7) is 3.74. The van der Waals surface area contributed by atoms with Crippen molar-refractivity contribution in [1.29, 1.82) is 0 Å². The Hall–Kier alpha value is -3.06. The van der Waals surface area contributed by atoms with Crippen LogP contribution in [0.1, 0.15) is 21.5 Å². The number of benzene rings is 1. The summed E-state index contributed by atoms with van der Waals surface area (Å²) in [6, 6.07) is 9.31. The van der Waals surface area contributed by atoms with E-state index in [1.54, 1.807) is 24.5 Å². The molecule has 26 heavy (non-hydrogen) atoms. The molecule has 0 aliphatic heterocycles. The molecule has 2 heterocycles. The maximum absolute atomic E-state index is 12.2. The van der Waals surface area contributed by atoms with Crippen LogP contribution < -0.4 is 10.6 Å². The van der Waals surface area contributed by atoms with Gasteiger partial charge in [0.15, 0.2) is 5.13 Å². The van der Waals surface area contributed by atoms with Gasteiger partial charge in [-0.25, -0.2) is 4.98 Å². The van der Waals surface area contributed by atoms with Crippen molar-refractivity contribution in [3.8, 4) is 11.3 Å². The summed E-state index contributed by atoms with van der Waals surface area (Å²) in [5.74, 6) is -0.600. The van der Waals surface area contributed by atoms with Crippen LogP contribution in [0.15, 0.2) is 48.1 Å². The third-order valence-electron chi connectivity index (χ3n) is 3.60. The Balaban J connectivity index is 1.56. The van der Waals surface area contributed by atoms with E-state index in [-0.39, 0.29) is 18.4 Å². The minimum atomic E-state index is -0.324. The molecule has 2 amide bonds. The molecule has 3 rings (SSSR count). The number of carbonyl (C=O) groups is 2. The summed E-state index contributed by atoms with van der Waals surface area (Å²) >= 11 is 1.32. The van der Waals surface area contributed by atoms with Gasteiger partial charge in [-0.05, 0) is 38.1 Å². The molecule has 132 valence electrons. The van der Waals surface area contributed by atoms with Crippen LogP contribution in [0.2, 0.25) is 0 Å². The average Bonchev–Trinajstić information content (AvgIpc) is 3.08. The molecule has 2 aromatic heterocycles. The summed E-state index contributed by atoms with van der Waals surface area (Å²) in [5, 5.41) is 7.65. The van der Waals surface area contributed by atoms with E-state index in [0.29, 0.717) is 10.7 Å². The highest BCUT2D eigenvalue weighted by atomic mass is 32.1. The molecule has 3 aromatic rings. The van der Waals surface area contributed by atoms with E-state index < -0.39 is 0 Å². The van der Waals surface area contributed by atoms with E-state index >= 15 is 0 Å². The monoisotopic (exact) mass is 366 g/mol. The molecule has 6 nitrogen and oxygen atoms in total. The van der Waals surface area contributed by atoms with E-state index in [1.165, 1.54) is 11.3 Å². The summed E-state index contributed by atoms with van der Waals surface area (Å²) in [5.41, 5.74) is 4.18. The van der Waals surface area contributed by atoms with Crippen molar-refractivity contribution in [2.24, 2.45) is 0 Å². The lowest BCUT2D eigenvalue weighted by atomic mass is 10.1. The number of pyridine rings is 1. The van der Waals surface area contributed by atoms with E-state index in [2.05, 4.69) is 20.6 Å². The van der Waals surface area contributed by atoms with Gasteiger partial charge in [-0.1, -0.05) is 17.2 Å². The zero-order chi connectivity index (χ0) is 18.5. The highest BCUT2D eigenvalue weighted by Crippen LogP contribution is 2.23. The van der Waals surface area contributed by atoms with Gasteiger partial charge in [-0.2, -0.15) is 0 Å². The summed E-state index contributed by atoms with van der Waals surface area (Å²) in [7, 11) is 0. The second-order valence-electron chi connectivity index (χ2n) is 5.89. The number of aromatic nitrogens is 2.